The van der Waals surface area contributed by atoms with Gasteiger partial charge in [-0.1, -0.05) is 18.5 Å². The Morgan fingerprint density at radius 2 is 2.11 bits per heavy atom. The molecule has 0 aliphatic rings. The highest BCUT2D eigenvalue weighted by atomic mass is 35.5. The van der Waals surface area contributed by atoms with Gasteiger partial charge in [-0.2, -0.15) is 0 Å². The quantitative estimate of drug-likeness (QED) is 0.909. The molecule has 19 heavy (non-hydrogen) atoms. The summed E-state index contributed by atoms with van der Waals surface area (Å²) in [6.45, 7) is 1.90. The van der Waals surface area contributed by atoms with Crippen molar-refractivity contribution in [3.8, 4) is 11.4 Å². The minimum Gasteiger partial charge on any atom is -0.481 e. The molecule has 0 saturated heterocycles. The van der Waals surface area contributed by atoms with Gasteiger partial charge in [-0.05, 0) is 41.1 Å². The number of halogens is 1. The van der Waals surface area contributed by atoms with Gasteiger partial charge in [0.2, 0.25) is 0 Å². The van der Waals surface area contributed by atoms with E-state index in [4.69, 9.17) is 16.7 Å². The van der Waals surface area contributed by atoms with E-state index in [9.17, 15) is 4.79 Å². The first-order valence-corrected chi connectivity index (χ1v) is 6.25. The number of carbonyl (C=O) groups is 1. The van der Waals surface area contributed by atoms with Gasteiger partial charge in [-0.15, -0.1) is 5.10 Å². The van der Waals surface area contributed by atoms with Crippen molar-refractivity contribution in [3.63, 3.8) is 0 Å². The van der Waals surface area contributed by atoms with Gasteiger partial charge in [-0.25, -0.2) is 4.68 Å². The minimum atomic E-state index is -0.871. The Kier molecular flexibility index (Phi) is 4.11. The zero-order chi connectivity index (χ0) is 13.8. The second kappa shape index (κ2) is 5.79. The van der Waals surface area contributed by atoms with Crippen LogP contribution >= 0.6 is 11.6 Å². The molecule has 1 aromatic carbocycles. The van der Waals surface area contributed by atoms with E-state index in [0.717, 1.165) is 5.56 Å². The number of rotatable bonds is 5. The van der Waals surface area contributed by atoms with Gasteiger partial charge in [-0.3, -0.25) is 4.79 Å². The molecule has 1 N–H and O–H groups in total. The molecule has 0 saturated carbocycles. The van der Waals surface area contributed by atoms with Crippen molar-refractivity contribution in [2.24, 2.45) is 0 Å². The summed E-state index contributed by atoms with van der Waals surface area (Å²) in [7, 11) is 0. The van der Waals surface area contributed by atoms with Crippen molar-refractivity contribution in [3.05, 3.63) is 29.3 Å². The lowest BCUT2D eigenvalue weighted by Gasteiger charge is -2.14. The fourth-order valence-electron chi connectivity index (χ4n) is 1.83. The topological polar surface area (TPSA) is 80.9 Å². The Morgan fingerprint density at radius 1 is 1.42 bits per heavy atom. The summed E-state index contributed by atoms with van der Waals surface area (Å²) in [5.74, 6) is -0.325. The Morgan fingerprint density at radius 3 is 2.68 bits per heavy atom. The largest absolute Gasteiger partial charge is 0.481 e. The van der Waals surface area contributed by atoms with Crippen LogP contribution in [0.2, 0.25) is 5.02 Å². The predicted molar refractivity (Wildman–Crippen MR) is 69.8 cm³/mol. The Balaban J connectivity index is 2.35. The normalized spacial score (nSPS) is 12.3. The number of hydrogen-bond acceptors (Lipinski definition) is 4. The molecule has 0 spiro atoms. The van der Waals surface area contributed by atoms with E-state index < -0.39 is 5.97 Å². The maximum atomic E-state index is 10.9. The summed E-state index contributed by atoms with van der Waals surface area (Å²) < 4.78 is 1.55. The van der Waals surface area contributed by atoms with Crippen molar-refractivity contribution in [2.75, 3.05) is 0 Å². The van der Waals surface area contributed by atoms with Gasteiger partial charge in [0, 0.05) is 10.6 Å². The van der Waals surface area contributed by atoms with Crippen LogP contribution < -0.4 is 0 Å². The van der Waals surface area contributed by atoms with Crippen LogP contribution in [0.15, 0.2) is 24.3 Å². The summed E-state index contributed by atoms with van der Waals surface area (Å²) in [5.41, 5.74) is 0.804. The van der Waals surface area contributed by atoms with Crippen LogP contribution in [-0.4, -0.2) is 31.3 Å². The monoisotopic (exact) mass is 280 g/mol. The van der Waals surface area contributed by atoms with Gasteiger partial charge in [0.15, 0.2) is 5.82 Å². The van der Waals surface area contributed by atoms with Gasteiger partial charge >= 0.3 is 5.97 Å². The lowest BCUT2D eigenvalue weighted by molar-refractivity contribution is -0.138. The number of nitrogens with zero attached hydrogens (tertiary/aromatic N) is 4. The van der Waals surface area contributed by atoms with Crippen molar-refractivity contribution >= 4 is 17.6 Å². The van der Waals surface area contributed by atoms with Crippen LogP contribution in [-0.2, 0) is 4.79 Å². The SMILES string of the molecule is CCC(CC(=O)O)n1nnnc1-c1ccc(Cl)cc1. The van der Waals surface area contributed by atoms with Crippen LogP contribution in [0.25, 0.3) is 11.4 Å². The molecule has 2 rings (SSSR count). The van der Waals surface area contributed by atoms with E-state index in [1.807, 2.05) is 6.92 Å². The predicted octanol–water partition coefficient (Wildman–Crippen LogP) is 2.42. The first kappa shape index (κ1) is 13.5. The third-order valence-electron chi connectivity index (χ3n) is 2.82. The van der Waals surface area contributed by atoms with Crippen LogP contribution in [0.4, 0.5) is 0 Å². The third-order valence-corrected chi connectivity index (χ3v) is 3.07. The molecule has 0 fully saturated rings. The molecule has 1 heterocycles. The highest BCUT2D eigenvalue weighted by Gasteiger charge is 2.19. The molecule has 0 aliphatic carbocycles. The first-order valence-electron chi connectivity index (χ1n) is 5.87. The summed E-state index contributed by atoms with van der Waals surface area (Å²) in [5, 5.41) is 21.0. The summed E-state index contributed by atoms with van der Waals surface area (Å²) >= 11 is 5.84. The van der Waals surface area contributed by atoms with Crippen LogP contribution in [0.1, 0.15) is 25.8 Å². The highest BCUT2D eigenvalue weighted by molar-refractivity contribution is 6.30. The lowest BCUT2D eigenvalue weighted by atomic mass is 10.1. The van der Waals surface area contributed by atoms with E-state index in [1.165, 1.54) is 0 Å². The van der Waals surface area contributed by atoms with Gasteiger partial charge < -0.3 is 5.11 Å². The average molecular weight is 281 g/mol. The second-order valence-electron chi connectivity index (χ2n) is 4.11. The lowest BCUT2D eigenvalue weighted by Crippen LogP contribution is -2.15. The van der Waals surface area contributed by atoms with Crippen molar-refractivity contribution < 1.29 is 9.90 Å². The molecular weight excluding hydrogens is 268 g/mol. The summed E-state index contributed by atoms with van der Waals surface area (Å²) in [6, 6.07) is 6.83. The van der Waals surface area contributed by atoms with E-state index in [1.54, 1.807) is 28.9 Å². The number of tetrazole rings is 1. The van der Waals surface area contributed by atoms with Gasteiger partial charge in [0.05, 0.1) is 12.5 Å². The molecule has 100 valence electrons. The fourth-order valence-corrected chi connectivity index (χ4v) is 1.96. The Labute approximate surface area is 115 Å². The number of aromatic nitrogens is 4. The number of benzene rings is 1. The smallest absolute Gasteiger partial charge is 0.305 e. The molecule has 0 aliphatic heterocycles. The number of carboxylic acid groups (broad SMARTS) is 1. The van der Waals surface area contributed by atoms with Crippen LogP contribution in [0.5, 0.6) is 0 Å². The van der Waals surface area contributed by atoms with E-state index >= 15 is 0 Å². The number of aliphatic carboxylic acids is 1. The molecule has 2 aromatic rings. The highest BCUT2D eigenvalue weighted by Crippen LogP contribution is 2.24. The zero-order valence-corrected chi connectivity index (χ0v) is 11.1. The summed E-state index contributed by atoms with van der Waals surface area (Å²) in [6.07, 6.45) is 0.625. The standard InChI is InChI=1S/C12H13ClN4O2/c1-2-10(7-11(18)19)17-12(14-15-16-17)8-3-5-9(13)6-4-8/h3-6,10H,2,7H2,1H3,(H,18,19). The van der Waals surface area contributed by atoms with E-state index in [0.29, 0.717) is 17.3 Å². The molecule has 1 atom stereocenters. The van der Waals surface area contributed by atoms with Crippen LogP contribution in [0, 0.1) is 0 Å². The molecule has 7 heteroatoms. The Hall–Kier alpha value is -1.95. The molecule has 1 aromatic heterocycles. The number of hydrogen-bond donors (Lipinski definition) is 1. The number of carboxylic acids is 1. The van der Waals surface area contributed by atoms with Crippen LogP contribution in [0.3, 0.4) is 0 Å². The third kappa shape index (κ3) is 3.08. The van der Waals surface area contributed by atoms with E-state index in [2.05, 4.69) is 15.5 Å². The first-order chi connectivity index (χ1) is 9.11. The fraction of sp³-hybridized carbons (Fsp3) is 0.333. The molecule has 1 unspecified atom stereocenters. The van der Waals surface area contributed by atoms with E-state index in [-0.39, 0.29) is 12.5 Å². The minimum absolute atomic E-state index is 0.0118. The maximum absolute atomic E-state index is 10.9. The molecule has 0 radical (unpaired) electrons. The van der Waals surface area contributed by atoms with Gasteiger partial charge in [0.1, 0.15) is 0 Å². The molecular formula is C12H13ClN4O2. The second-order valence-corrected chi connectivity index (χ2v) is 4.55. The van der Waals surface area contributed by atoms with Crippen molar-refractivity contribution in [1.29, 1.82) is 0 Å². The molecule has 0 amide bonds. The maximum Gasteiger partial charge on any atom is 0.305 e. The van der Waals surface area contributed by atoms with Gasteiger partial charge in [0.25, 0.3) is 0 Å². The Bertz CT molecular complexity index is 567. The van der Waals surface area contributed by atoms with Crippen molar-refractivity contribution in [1.82, 2.24) is 20.2 Å². The summed E-state index contributed by atoms with van der Waals surface area (Å²) in [4.78, 5) is 10.9. The van der Waals surface area contributed by atoms with Crippen molar-refractivity contribution in [2.45, 2.75) is 25.8 Å². The average Bonchev–Trinajstić information content (AvgIpc) is 2.85. The molecule has 0 bridgehead atoms. The zero-order valence-electron chi connectivity index (χ0n) is 10.3. The molecule has 6 nitrogen and oxygen atoms in total.